The van der Waals surface area contributed by atoms with Crippen molar-refractivity contribution in [3.8, 4) is 17.3 Å². The second-order valence-corrected chi connectivity index (χ2v) is 8.20. The molecule has 29 heavy (non-hydrogen) atoms. The summed E-state index contributed by atoms with van der Waals surface area (Å²) in [5.74, 6) is 0. The Labute approximate surface area is 183 Å². The zero-order valence-corrected chi connectivity index (χ0v) is 17.8. The molecule has 0 unspecified atom stereocenters. The van der Waals surface area contributed by atoms with Gasteiger partial charge < -0.3 is 9.73 Å². The van der Waals surface area contributed by atoms with Crippen molar-refractivity contribution in [1.29, 1.82) is 5.26 Å². The predicted molar refractivity (Wildman–Crippen MR) is 120 cm³/mol. The average molecular weight is 485 g/mol. The van der Waals surface area contributed by atoms with E-state index < -0.39 is 5.63 Å². The van der Waals surface area contributed by atoms with Crippen LogP contribution in [0.1, 0.15) is 5.01 Å². The average Bonchev–Trinajstić information content (AvgIpc) is 3.19. The van der Waals surface area contributed by atoms with Gasteiger partial charge in [-0.3, -0.25) is 0 Å². The van der Waals surface area contributed by atoms with E-state index in [1.807, 2.05) is 12.1 Å². The molecule has 2 aromatic carbocycles. The predicted octanol–water partition coefficient (Wildman–Crippen LogP) is 6.31. The van der Waals surface area contributed by atoms with Gasteiger partial charge in [-0.1, -0.05) is 27.5 Å². The first-order chi connectivity index (χ1) is 14.0. The van der Waals surface area contributed by atoms with E-state index in [-0.39, 0.29) is 0 Å². The van der Waals surface area contributed by atoms with Crippen LogP contribution in [0.4, 0.5) is 5.69 Å². The Morgan fingerprint density at radius 3 is 2.79 bits per heavy atom. The third-order valence-corrected chi connectivity index (χ3v) is 5.67. The zero-order chi connectivity index (χ0) is 20.4. The smallest absolute Gasteiger partial charge is 0.345 e. The van der Waals surface area contributed by atoms with Gasteiger partial charge >= 0.3 is 5.63 Å². The van der Waals surface area contributed by atoms with E-state index in [0.29, 0.717) is 32.4 Å². The number of allylic oxidation sites excluding steroid dienone is 1. The molecule has 0 atom stereocenters. The number of nitrogens with zero attached hydrogens (tertiary/aromatic N) is 2. The maximum atomic E-state index is 12.4. The van der Waals surface area contributed by atoms with Crippen LogP contribution in [0.2, 0.25) is 5.02 Å². The van der Waals surface area contributed by atoms with Gasteiger partial charge in [-0.25, -0.2) is 9.78 Å². The molecule has 2 heterocycles. The van der Waals surface area contributed by atoms with Crippen LogP contribution < -0.4 is 10.9 Å². The molecule has 0 aliphatic carbocycles. The summed E-state index contributed by atoms with van der Waals surface area (Å²) in [5, 5.41) is 16.2. The fourth-order valence-corrected chi connectivity index (χ4v) is 3.93. The monoisotopic (exact) mass is 483 g/mol. The summed E-state index contributed by atoms with van der Waals surface area (Å²) in [6.45, 7) is 0. The minimum Gasteiger partial charge on any atom is -0.422 e. The van der Waals surface area contributed by atoms with Gasteiger partial charge in [0, 0.05) is 32.1 Å². The van der Waals surface area contributed by atoms with Gasteiger partial charge in [-0.2, -0.15) is 5.26 Å². The molecule has 0 aliphatic heterocycles. The Kier molecular flexibility index (Phi) is 5.49. The maximum absolute atomic E-state index is 12.4. The molecule has 0 saturated heterocycles. The van der Waals surface area contributed by atoms with Crippen LogP contribution in [0.3, 0.4) is 0 Å². The summed E-state index contributed by atoms with van der Waals surface area (Å²) in [6.07, 6.45) is 1.58. The molecule has 0 fully saturated rings. The molecule has 142 valence electrons. The van der Waals surface area contributed by atoms with E-state index in [1.165, 1.54) is 11.3 Å². The lowest BCUT2D eigenvalue weighted by Crippen LogP contribution is -2.03. The number of hydrogen-bond donors (Lipinski definition) is 1. The molecule has 5 nitrogen and oxygen atoms in total. The molecular weight excluding hydrogens is 474 g/mol. The molecule has 4 aromatic rings. The molecule has 0 radical (unpaired) electrons. The van der Waals surface area contributed by atoms with Gasteiger partial charge in [-0.15, -0.1) is 11.3 Å². The highest BCUT2D eigenvalue weighted by molar-refractivity contribution is 9.10. The number of benzene rings is 2. The van der Waals surface area contributed by atoms with Gasteiger partial charge in [0.05, 0.1) is 11.3 Å². The van der Waals surface area contributed by atoms with Crippen LogP contribution in [0.25, 0.3) is 27.8 Å². The summed E-state index contributed by atoms with van der Waals surface area (Å²) in [6, 6.07) is 16.4. The van der Waals surface area contributed by atoms with E-state index in [9.17, 15) is 10.1 Å². The standard InChI is InChI=1S/C21H11BrClN3O2S/c22-14-1-6-19-12(7-14)8-17(21(27)28-19)18-11-29-20(26-18)13(9-24)10-25-16-4-2-15(23)3-5-16/h1-8,10-11,25H. The van der Waals surface area contributed by atoms with Gasteiger partial charge in [0.15, 0.2) is 0 Å². The molecule has 4 rings (SSSR count). The van der Waals surface area contributed by atoms with E-state index in [0.717, 1.165) is 15.5 Å². The largest absolute Gasteiger partial charge is 0.422 e. The van der Waals surface area contributed by atoms with Crippen LogP contribution >= 0.6 is 38.9 Å². The molecule has 2 aromatic heterocycles. The third-order valence-electron chi connectivity index (χ3n) is 4.05. The Morgan fingerprint density at radius 1 is 1.24 bits per heavy atom. The van der Waals surface area contributed by atoms with Crippen LogP contribution in [-0.4, -0.2) is 4.98 Å². The highest BCUT2D eigenvalue weighted by Gasteiger charge is 2.14. The summed E-state index contributed by atoms with van der Waals surface area (Å²) >= 11 is 10.6. The third kappa shape index (κ3) is 4.25. The number of anilines is 1. The fraction of sp³-hybridized carbons (Fsp3) is 0. The Morgan fingerprint density at radius 2 is 2.03 bits per heavy atom. The van der Waals surface area contributed by atoms with Crippen molar-refractivity contribution in [2.24, 2.45) is 0 Å². The number of rotatable bonds is 4. The number of fused-ring (bicyclic) bond motifs is 1. The van der Waals surface area contributed by atoms with Crippen molar-refractivity contribution < 1.29 is 4.42 Å². The second-order valence-electron chi connectivity index (χ2n) is 5.99. The number of nitriles is 1. The van der Waals surface area contributed by atoms with E-state index in [4.69, 9.17) is 16.0 Å². The van der Waals surface area contributed by atoms with Crippen molar-refractivity contribution in [1.82, 2.24) is 4.98 Å². The summed E-state index contributed by atoms with van der Waals surface area (Å²) in [7, 11) is 0. The normalized spacial score (nSPS) is 11.4. The molecule has 0 bridgehead atoms. The van der Waals surface area contributed by atoms with Crippen molar-refractivity contribution in [3.63, 3.8) is 0 Å². The van der Waals surface area contributed by atoms with Gasteiger partial charge in [0.25, 0.3) is 0 Å². The van der Waals surface area contributed by atoms with E-state index in [1.54, 1.807) is 48.0 Å². The molecule has 1 N–H and O–H groups in total. The topological polar surface area (TPSA) is 78.9 Å². The lowest BCUT2D eigenvalue weighted by atomic mass is 10.1. The zero-order valence-electron chi connectivity index (χ0n) is 14.6. The summed E-state index contributed by atoms with van der Waals surface area (Å²) in [5.41, 5.74) is 1.98. The first-order valence-electron chi connectivity index (χ1n) is 8.35. The molecule has 8 heteroatoms. The lowest BCUT2D eigenvalue weighted by Gasteiger charge is -2.01. The number of aromatic nitrogens is 1. The SMILES string of the molecule is N#CC(=CNc1ccc(Cl)cc1)c1nc(-c2cc3cc(Br)ccc3oc2=O)cs1. The van der Waals surface area contributed by atoms with Crippen molar-refractivity contribution in [3.05, 3.63) is 85.0 Å². The van der Waals surface area contributed by atoms with Crippen LogP contribution in [-0.2, 0) is 0 Å². The summed E-state index contributed by atoms with van der Waals surface area (Å²) < 4.78 is 6.28. The Bertz CT molecular complexity index is 1340. The fourth-order valence-electron chi connectivity index (χ4n) is 2.64. The van der Waals surface area contributed by atoms with Crippen molar-refractivity contribution in [2.75, 3.05) is 5.32 Å². The number of thiazole rings is 1. The minimum absolute atomic E-state index is 0.348. The Hall–Kier alpha value is -2.92. The Balaban J connectivity index is 1.66. The minimum atomic E-state index is -0.474. The van der Waals surface area contributed by atoms with Crippen LogP contribution in [0.15, 0.2) is 73.8 Å². The van der Waals surface area contributed by atoms with Crippen molar-refractivity contribution in [2.45, 2.75) is 0 Å². The van der Waals surface area contributed by atoms with Crippen LogP contribution in [0, 0.1) is 11.3 Å². The first-order valence-corrected chi connectivity index (χ1v) is 10.4. The molecule has 0 aliphatic rings. The number of nitrogens with one attached hydrogen (secondary N) is 1. The molecule has 0 amide bonds. The van der Waals surface area contributed by atoms with Gasteiger partial charge in [0.2, 0.25) is 0 Å². The highest BCUT2D eigenvalue weighted by atomic mass is 79.9. The molecular formula is C21H11BrClN3O2S. The quantitative estimate of drug-likeness (QED) is 0.271. The first kappa shape index (κ1) is 19.4. The highest BCUT2D eigenvalue weighted by Crippen LogP contribution is 2.27. The lowest BCUT2D eigenvalue weighted by molar-refractivity contribution is 0.563. The van der Waals surface area contributed by atoms with E-state index in [2.05, 4.69) is 32.3 Å². The van der Waals surface area contributed by atoms with Crippen molar-refractivity contribution >= 4 is 61.1 Å². The molecule has 0 spiro atoms. The molecule has 0 saturated carbocycles. The number of halogens is 2. The van der Waals surface area contributed by atoms with E-state index >= 15 is 0 Å². The number of hydrogen-bond acceptors (Lipinski definition) is 6. The second kappa shape index (κ2) is 8.21. The summed E-state index contributed by atoms with van der Waals surface area (Å²) in [4.78, 5) is 16.9. The maximum Gasteiger partial charge on any atom is 0.345 e. The van der Waals surface area contributed by atoms with Gasteiger partial charge in [0.1, 0.15) is 22.2 Å². The van der Waals surface area contributed by atoms with Crippen LogP contribution in [0.5, 0.6) is 0 Å². The van der Waals surface area contributed by atoms with Gasteiger partial charge in [-0.05, 0) is 48.5 Å².